The van der Waals surface area contributed by atoms with E-state index in [0.717, 1.165) is 39.1 Å². The summed E-state index contributed by atoms with van der Waals surface area (Å²) < 4.78 is 16.8. The van der Waals surface area contributed by atoms with E-state index >= 15 is 0 Å². The molecule has 2 aliphatic rings. The second-order valence-electron chi connectivity index (χ2n) is 6.55. The van der Waals surface area contributed by atoms with Gasteiger partial charge in [-0.1, -0.05) is 6.07 Å². The minimum absolute atomic E-state index is 0.285. The van der Waals surface area contributed by atoms with Crippen molar-refractivity contribution in [2.45, 2.75) is 31.4 Å². The summed E-state index contributed by atoms with van der Waals surface area (Å²) in [5, 5.41) is 0. The lowest BCUT2D eigenvalue weighted by Crippen LogP contribution is -2.41. The molecule has 2 saturated heterocycles. The van der Waals surface area contributed by atoms with E-state index in [1.165, 1.54) is 12.0 Å². The van der Waals surface area contributed by atoms with E-state index in [9.17, 15) is 0 Å². The van der Waals surface area contributed by atoms with Gasteiger partial charge in [-0.2, -0.15) is 0 Å². The third-order valence-corrected chi connectivity index (χ3v) is 4.90. The van der Waals surface area contributed by atoms with Crippen LogP contribution in [0, 0.1) is 5.92 Å². The van der Waals surface area contributed by atoms with E-state index in [1.807, 2.05) is 18.5 Å². The molecule has 1 aromatic heterocycles. The van der Waals surface area contributed by atoms with Crippen molar-refractivity contribution < 1.29 is 14.2 Å². The van der Waals surface area contributed by atoms with Crippen LogP contribution in [0.15, 0.2) is 24.5 Å². The first-order chi connectivity index (χ1) is 11.4. The second kappa shape index (κ2) is 8.73. The summed E-state index contributed by atoms with van der Waals surface area (Å²) in [5.41, 5.74) is 1.28. The number of aromatic nitrogens is 1. The molecule has 3 rings (SSSR count). The minimum Gasteiger partial charge on any atom is -0.382 e. The molecule has 3 atom stereocenters. The van der Waals surface area contributed by atoms with Crippen LogP contribution in [0.25, 0.3) is 0 Å². The third-order valence-electron chi connectivity index (χ3n) is 4.90. The monoisotopic (exact) mass is 320 g/mol. The Morgan fingerprint density at radius 2 is 2.30 bits per heavy atom. The van der Waals surface area contributed by atoms with Gasteiger partial charge in [0.25, 0.3) is 0 Å². The average Bonchev–Trinajstić information content (AvgIpc) is 3.21. The molecule has 0 amide bonds. The summed E-state index contributed by atoms with van der Waals surface area (Å²) in [4.78, 5) is 6.86. The normalized spacial score (nSPS) is 28.5. The molecular formula is C18H28N2O3. The molecule has 0 aliphatic carbocycles. The van der Waals surface area contributed by atoms with Crippen LogP contribution in [0.4, 0.5) is 0 Å². The molecule has 1 unspecified atom stereocenters. The van der Waals surface area contributed by atoms with Crippen molar-refractivity contribution in [1.29, 1.82) is 0 Å². The maximum atomic E-state index is 6.10. The van der Waals surface area contributed by atoms with Gasteiger partial charge in [-0.3, -0.25) is 9.88 Å². The summed E-state index contributed by atoms with van der Waals surface area (Å²) in [5.74, 6) is 0.670. The highest BCUT2D eigenvalue weighted by Gasteiger charge is 2.36. The topological polar surface area (TPSA) is 43.8 Å². The van der Waals surface area contributed by atoms with Gasteiger partial charge in [-0.15, -0.1) is 0 Å². The lowest BCUT2D eigenvalue weighted by molar-refractivity contribution is -0.00212. The van der Waals surface area contributed by atoms with E-state index < -0.39 is 0 Å². The molecule has 0 bridgehead atoms. The molecule has 5 heteroatoms. The quantitative estimate of drug-likeness (QED) is 0.683. The Morgan fingerprint density at radius 1 is 1.35 bits per heavy atom. The second-order valence-corrected chi connectivity index (χ2v) is 6.55. The maximum Gasteiger partial charge on any atom is 0.0746 e. The highest BCUT2D eigenvalue weighted by Crippen LogP contribution is 2.27. The fourth-order valence-electron chi connectivity index (χ4n) is 3.67. The number of hydrogen-bond acceptors (Lipinski definition) is 5. The number of nitrogens with zero attached hydrogens (tertiary/aromatic N) is 2. The van der Waals surface area contributed by atoms with E-state index in [-0.39, 0.29) is 6.10 Å². The molecule has 2 fully saturated rings. The molecule has 2 aliphatic heterocycles. The lowest BCUT2D eigenvalue weighted by atomic mass is 10.0. The van der Waals surface area contributed by atoms with Gasteiger partial charge in [-0.05, 0) is 36.8 Å². The Kier molecular flexibility index (Phi) is 6.39. The summed E-state index contributed by atoms with van der Waals surface area (Å²) >= 11 is 0. The Hall–Kier alpha value is -1.01. The minimum atomic E-state index is 0.285. The SMILES string of the molecule is COCCO[C@@H]1CCN(CC2CCOC2)[C@@H]1Cc1cccnc1. The van der Waals surface area contributed by atoms with E-state index in [4.69, 9.17) is 14.2 Å². The van der Waals surface area contributed by atoms with E-state index in [0.29, 0.717) is 25.2 Å². The fraction of sp³-hybridized carbons (Fsp3) is 0.722. The molecule has 0 saturated carbocycles. The number of methoxy groups -OCH3 is 1. The number of hydrogen-bond donors (Lipinski definition) is 0. The molecule has 1 aromatic rings. The Balaban J connectivity index is 1.62. The summed E-state index contributed by atoms with van der Waals surface area (Å²) in [7, 11) is 1.72. The maximum absolute atomic E-state index is 6.10. The first kappa shape index (κ1) is 16.8. The molecule has 0 spiro atoms. The molecular weight excluding hydrogens is 292 g/mol. The molecule has 23 heavy (non-hydrogen) atoms. The van der Waals surface area contributed by atoms with Gasteiger partial charge >= 0.3 is 0 Å². The third kappa shape index (κ3) is 4.73. The largest absolute Gasteiger partial charge is 0.382 e. The van der Waals surface area contributed by atoms with Crippen LogP contribution in [-0.4, -0.2) is 68.7 Å². The van der Waals surface area contributed by atoms with Crippen molar-refractivity contribution >= 4 is 0 Å². The zero-order valence-electron chi connectivity index (χ0n) is 14.0. The standard InChI is InChI=1S/C18H28N2O3/c1-21-9-10-23-18-4-7-20(13-16-5-8-22-14-16)17(18)11-15-3-2-6-19-12-15/h2-3,6,12,16-18H,4-5,7-11,13-14H2,1H3/t16?,17-,18-/m1/s1. The van der Waals surface area contributed by atoms with Crippen molar-refractivity contribution in [3.8, 4) is 0 Å². The van der Waals surface area contributed by atoms with Gasteiger partial charge < -0.3 is 14.2 Å². The van der Waals surface area contributed by atoms with Crippen molar-refractivity contribution in [3.63, 3.8) is 0 Å². The number of pyridine rings is 1. The summed E-state index contributed by atoms with van der Waals surface area (Å²) in [6, 6.07) is 4.60. The Morgan fingerprint density at radius 3 is 3.04 bits per heavy atom. The predicted octanol–water partition coefficient (Wildman–Crippen LogP) is 1.77. The first-order valence-corrected chi connectivity index (χ1v) is 8.68. The van der Waals surface area contributed by atoms with Crippen LogP contribution in [0.2, 0.25) is 0 Å². The van der Waals surface area contributed by atoms with Crippen LogP contribution in [-0.2, 0) is 20.6 Å². The van der Waals surface area contributed by atoms with Gasteiger partial charge in [0, 0.05) is 45.2 Å². The summed E-state index contributed by atoms with van der Waals surface area (Å²) in [6.45, 7) is 5.39. The van der Waals surface area contributed by atoms with Gasteiger partial charge in [-0.25, -0.2) is 0 Å². The van der Waals surface area contributed by atoms with Crippen LogP contribution < -0.4 is 0 Å². The molecule has 0 aromatic carbocycles. The fourth-order valence-corrected chi connectivity index (χ4v) is 3.67. The summed E-state index contributed by atoms with van der Waals surface area (Å²) in [6.07, 6.45) is 7.37. The van der Waals surface area contributed by atoms with Crippen LogP contribution in [0.1, 0.15) is 18.4 Å². The van der Waals surface area contributed by atoms with Crippen molar-refractivity contribution in [3.05, 3.63) is 30.1 Å². The predicted molar refractivity (Wildman–Crippen MR) is 88.5 cm³/mol. The molecule has 5 nitrogen and oxygen atoms in total. The van der Waals surface area contributed by atoms with E-state index in [1.54, 1.807) is 7.11 Å². The van der Waals surface area contributed by atoms with Crippen LogP contribution in [0.3, 0.4) is 0 Å². The number of likely N-dealkylation sites (tertiary alicyclic amines) is 1. The van der Waals surface area contributed by atoms with Gasteiger partial charge in [0.15, 0.2) is 0 Å². The first-order valence-electron chi connectivity index (χ1n) is 8.68. The lowest BCUT2D eigenvalue weighted by Gasteiger charge is -2.30. The molecule has 0 radical (unpaired) electrons. The smallest absolute Gasteiger partial charge is 0.0746 e. The van der Waals surface area contributed by atoms with Crippen molar-refractivity contribution in [2.75, 3.05) is 46.6 Å². The van der Waals surface area contributed by atoms with Crippen molar-refractivity contribution in [1.82, 2.24) is 9.88 Å². The highest BCUT2D eigenvalue weighted by atomic mass is 16.5. The van der Waals surface area contributed by atoms with Crippen molar-refractivity contribution in [2.24, 2.45) is 5.92 Å². The Labute approximate surface area is 138 Å². The number of rotatable bonds is 8. The average molecular weight is 320 g/mol. The van der Waals surface area contributed by atoms with Crippen LogP contribution >= 0.6 is 0 Å². The van der Waals surface area contributed by atoms with Gasteiger partial charge in [0.1, 0.15) is 0 Å². The zero-order chi connectivity index (χ0) is 15.9. The number of ether oxygens (including phenoxy) is 3. The molecule has 3 heterocycles. The Bertz CT molecular complexity index is 451. The molecule has 0 N–H and O–H groups in total. The van der Waals surface area contributed by atoms with E-state index in [2.05, 4.69) is 16.0 Å². The van der Waals surface area contributed by atoms with Gasteiger partial charge in [0.05, 0.1) is 25.9 Å². The highest BCUT2D eigenvalue weighted by molar-refractivity contribution is 5.12. The zero-order valence-corrected chi connectivity index (χ0v) is 14.0. The van der Waals surface area contributed by atoms with Crippen LogP contribution in [0.5, 0.6) is 0 Å². The molecule has 128 valence electrons. The van der Waals surface area contributed by atoms with Gasteiger partial charge in [0.2, 0.25) is 0 Å².